The number of carbonyl (C=O) groups is 1. The Balaban J connectivity index is 1.40. The highest BCUT2D eigenvalue weighted by molar-refractivity contribution is 5.92. The number of amides is 1. The van der Waals surface area contributed by atoms with Crippen LogP contribution in [0.1, 0.15) is 23.6 Å². The van der Waals surface area contributed by atoms with Gasteiger partial charge in [-0.15, -0.1) is 0 Å². The van der Waals surface area contributed by atoms with Crippen LogP contribution in [0.3, 0.4) is 0 Å². The molecule has 1 heterocycles. The lowest BCUT2D eigenvalue weighted by Gasteiger charge is -2.09. The normalized spacial score (nSPS) is 10.9. The van der Waals surface area contributed by atoms with E-state index in [1.54, 1.807) is 0 Å². The standard InChI is InChI=1S/C25H25N3O2/c1-4-18-6-5-7-21(14-18)30-15-24(29)26-20-10-8-19(9-11-20)25-27-22-12-16(2)17(3)13-23(22)28-25/h5-14H,4,15H2,1-3H3,(H,26,29)(H,27,28). The number of hydrogen-bond donors (Lipinski definition) is 2. The summed E-state index contributed by atoms with van der Waals surface area (Å²) in [6, 6.07) is 19.6. The minimum absolute atomic E-state index is 0.0306. The van der Waals surface area contributed by atoms with E-state index in [0.29, 0.717) is 5.75 Å². The zero-order valence-electron chi connectivity index (χ0n) is 17.5. The molecule has 2 N–H and O–H groups in total. The molecule has 0 aliphatic heterocycles. The summed E-state index contributed by atoms with van der Waals surface area (Å²) < 4.78 is 5.60. The van der Waals surface area contributed by atoms with Gasteiger partial charge in [-0.25, -0.2) is 4.98 Å². The van der Waals surface area contributed by atoms with E-state index in [1.165, 1.54) is 16.7 Å². The van der Waals surface area contributed by atoms with Crippen molar-refractivity contribution in [2.75, 3.05) is 11.9 Å². The van der Waals surface area contributed by atoms with Crippen LogP contribution in [0.25, 0.3) is 22.4 Å². The van der Waals surface area contributed by atoms with Crippen molar-refractivity contribution in [1.82, 2.24) is 9.97 Å². The fourth-order valence-electron chi connectivity index (χ4n) is 3.32. The molecule has 0 unspecified atom stereocenters. The Kier molecular flexibility index (Phi) is 5.53. The van der Waals surface area contributed by atoms with Crippen molar-refractivity contribution in [3.63, 3.8) is 0 Å². The third kappa shape index (κ3) is 4.35. The first-order chi connectivity index (χ1) is 14.5. The smallest absolute Gasteiger partial charge is 0.262 e. The van der Waals surface area contributed by atoms with Gasteiger partial charge in [0.15, 0.2) is 6.61 Å². The molecular formula is C25H25N3O2. The number of hydrogen-bond acceptors (Lipinski definition) is 3. The number of benzene rings is 3. The Morgan fingerprint density at radius 2 is 1.80 bits per heavy atom. The number of ether oxygens (including phenoxy) is 1. The van der Waals surface area contributed by atoms with Gasteiger partial charge in [0.05, 0.1) is 11.0 Å². The molecule has 1 aromatic heterocycles. The van der Waals surface area contributed by atoms with Crippen molar-refractivity contribution in [3.05, 3.63) is 77.4 Å². The Morgan fingerprint density at radius 1 is 1.03 bits per heavy atom. The van der Waals surface area contributed by atoms with Gasteiger partial charge >= 0.3 is 0 Å². The number of aromatic amines is 1. The van der Waals surface area contributed by atoms with Crippen molar-refractivity contribution in [2.45, 2.75) is 27.2 Å². The minimum atomic E-state index is -0.195. The van der Waals surface area contributed by atoms with Gasteiger partial charge in [0.2, 0.25) is 0 Å². The number of imidazole rings is 1. The van der Waals surface area contributed by atoms with Crippen molar-refractivity contribution in [1.29, 1.82) is 0 Å². The number of anilines is 1. The third-order valence-electron chi connectivity index (χ3n) is 5.22. The Labute approximate surface area is 176 Å². The summed E-state index contributed by atoms with van der Waals surface area (Å²) in [4.78, 5) is 20.3. The van der Waals surface area contributed by atoms with Gasteiger partial charge in [-0.3, -0.25) is 4.79 Å². The van der Waals surface area contributed by atoms with E-state index in [4.69, 9.17) is 4.74 Å². The van der Waals surface area contributed by atoms with Gasteiger partial charge < -0.3 is 15.0 Å². The van der Waals surface area contributed by atoms with Crippen LogP contribution in [0.4, 0.5) is 5.69 Å². The van der Waals surface area contributed by atoms with Crippen LogP contribution in [0.2, 0.25) is 0 Å². The van der Waals surface area contributed by atoms with Gasteiger partial charge in [0, 0.05) is 11.3 Å². The second-order valence-corrected chi connectivity index (χ2v) is 7.45. The third-order valence-corrected chi connectivity index (χ3v) is 5.22. The van der Waals surface area contributed by atoms with Crippen LogP contribution in [0.15, 0.2) is 60.7 Å². The van der Waals surface area contributed by atoms with Crippen molar-refractivity contribution in [3.8, 4) is 17.1 Å². The van der Waals surface area contributed by atoms with Crippen LogP contribution >= 0.6 is 0 Å². The average Bonchev–Trinajstić information content (AvgIpc) is 3.16. The first-order valence-electron chi connectivity index (χ1n) is 10.1. The highest BCUT2D eigenvalue weighted by atomic mass is 16.5. The first kappa shape index (κ1) is 19.7. The lowest BCUT2D eigenvalue weighted by atomic mass is 10.1. The van der Waals surface area contributed by atoms with Crippen molar-refractivity contribution in [2.24, 2.45) is 0 Å². The van der Waals surface area contributed by atoms with Gasteiger partial charge in [0.1, 0.15) is 11.6 Å². The molecule has 0 aliphatic carbocycles. The highest BCUT2D eigenvalue weighted by Gasteiger charge is 2.08. The molecule has 0 bridgehead atoms. The summed E-state index contributed by atoms with van der Waals surface area (Å²) in [5, 5.41) is 2.87. The van der Waals surface area contributed by atoms with Crippen LogP contribution < -0.4 is 10.1 Å². The molecule has 0 spiro atoms. The molecule has 152 valence electrons. The summed E-state index contributed by atoms with van der Waals surface area (Å²) in [5.41, 5.74) is 7.30. The van der Waals surface area contributed by atoms with Crippen molar-refractivity contribution >= 4 is 22.6 Å². The maximum atomic E-state index is 12.2. The maximum absolute atomic E-state index is 12.2. The molecule has 3 aromatic carbocycles. The first-order valence-corrected chi connectivity index (χ1v) is 10.1. The fourth-order valence-corrected chi connectivity index (χ4v) is 3.32. The molecule has 1 amide bonds. The molecule has 0 radical (unpaired) electrons. The summed E-state index contributed by atoms with van der Waals surface area (Å²) in [7, 11) is 0. The molecule has 4 aromatic rings. The number of carbonyl (C=O) groups excluding carboxylic acids is 1. The number of aryl methyl sites for hydroxylation is 3. The number of H-pyrrole nitrogens is 1. The number of nitrogens with zero attached hydrogens (tertiary/aromatic N) is 1. The van der Waals surface area contributed by atoms with Crippen molar-refractivity contribution < 1.29 is 9.53 Å². The van der Waals surface area contributed by atoms with Gasteiger partial charge in [-0.1, -0.05) is 19.1 Å². The summed E-state index contributed by atoms with van der Waals surface area (Å²) in [6.45, 7) is 6.24. The van der Waals surface area contributed by atoms with E-state index < -0.39 is 0 Å². The van der Waals surface area contributed by atoms with E-state index in [0.717, 1.165) is 34.5 Å². The zero-order chi connectivity index (χ0) is 21.1. The zero-order valence-corrected chi connectivity index (χ0v) is 17.5. The fraction of sp³-hybridized carbons (Fsp3) is 0.200. The molecule has 0 saturated carbocycles. The number of rotatable bonds is 6. The molecule has 0 fully saturated rings. The molecule has 0 saturated heterocycles. The van der Waals surface area contributed by atoms with Crippen LogP contribution in [-0.2, 0) is 11.2 Å². The maximum Gasteiger partial charge on any atom is 0.262 e. The monoisotopic (exact) mass is 399 g/mol. The topological polar surface area (TPSA) is 67.0 Å². The highest BCUT2D eigenvalue weighted by Crippen LogP contribution is 2.24. The van der Waals surface area contributed by atoms with E-state index in [2.05, 4.69) is 48.2 Å². The predicted molar refractivity (Wildman–Crippen MR) is 121 cm³/mol. The predicted octanol–water partition coefficient (Wildman–Crippen LogP) is 5.43. The SMILES string of the molecule is CCc1cccc(OCC(=O)Nc2ccc(-c3nc4cc(C)c(C)cc4[nH]3)cc2)c1. The molecule has 0 atom stereocenters. The molecule has 5 nitrogen and oxygen atoms in total. The Morgan fingerprint density at radius 3 is 2.57 bits per heavy atom. The summed E-state index contributed by atoms with van der Waals surface area (Å²) in [6.07, 6.45) is 0.931. The number of aromatic nitrogens is 2. The van der Waals surface area contributed by atoms with Gasteiger partial charge in [-0.2, -0.15) is 0 Å². The Bertz CT molecular complexity index is 1150. The largest absolute Gasteiger partial charge is 0.484 e. The lowest BCUT2D eigenvalue weighted by Crippen LogP contribution is -2.20. The average molecular weight is 399 g/mol. The number of nitrogens with one attached hydrogen (secondary N) is 2. The Hall–Kier alpha value is -3.60. The number of fused-ring (bicyclic) bond motifs is 1. The second-order valence-electron chi connectivity index (χ2n) is 7.45. The summed E-state index contributed by atoms with van der Waals surface area (Å²) >= 11 is 0. The van der Waals surface area contributed by atoms with E-state index >= 15 is 0 Å². The van der Waals surface area contributed by atoms with Crippen LogP contribution in [0.5, 0.6) is 5.75 Å². The van der Waals surface area contributed by atoms with E-state index in [-0.39, 0.29) is 12.5 Å². The summed E-state index contributed by atoms with van der Waals surface area (Å²) in [5.74, 6) is 1.32. The van der Waals surface area contributed by atoms with Gasteiger partial charge in [-0.05, 0) is 85.5 Å². The lowest BCUT2D eigenvalue weighted by molar-refractivity contribution is -0.118. The molecule has 0 aliphatic rings. The van der Waals surface area contributed by atoms with E-state index in [1.807, 2.05) is 48.5 Å². The van der Waals surface area contributed by atoms with Crippen LogP contribution in [-0.4, -0.2) is 22.5 Å². The molecule has 30 heavy (non-hydrogen) atoms. The van der Waals surface area contributed by atoms with Crippen LogP contribution in [0, 0.1) is 13.8 Å². The minimum Gasteiger partial charge on any atom is -0.484 e. The molecule has 5 heteroatoms. The van der Waals surface area contributed by atoms with E-state index in [9.17, 15) is 4.79 Å². The van der Waals surface area contributed by atoms with Gasteiger partial charge in [0.25, 0.3) is 5.91 Å². The quantitative estimate of drug-likeness (QED) is 0.454. The molecular weight excluding hydrogens is 374 g/mol. The second kappa shape index (κ2) is 8.41. The molecule has 4 rings (SSSR count).